The Balaban J connectivity index is 2.03. The molecule has 2 unspecified atom stereocenters. The molecule has 1 aliphatic heterocycles. The monoisotopic (exact) mass is 238 g/mol. The van der Waals surface area contributed by atoms with Gasteiger partial charge in [-0.2, -0.15) is 0 Å². The molecule has 1 aliphatic carbocycles. The maximum atomic E-state index is 3.69. The fourth-order valence-corrected chi connectivity index (χ4v) is 3.74. The molecule has 2 aliphatic rings. The lowest BCUT2D eigenvalue weighted by molar-refractivity contribution is 0.0475. The first-order valence-electron chi connectivity index (χ1n) is 7.61. The van der Waals surface area contributed by atoms with E-state index in [-0.39, 0.29) is 0 Å². The van der Waals surface area contributed by atoms with E-state index in [1.165, 1.54) is 58.2 Å². The zero-order valence-electron chi connectivity index (χ0n) is 12.0. The van der Waals surface area contributed by atoms with E-state index >= 15 is 0 Å². The third-order valence-corrected chi connectivity index (χ3v) is 4.89. The molecular weight excluding hydrogens is 208 g/mol. The van der Waals surface area contributed by atoms with Crippen molar-refractivity contribution in [2.45, 2.75) is 71.4 Å². The quantitative estimate of drug-likeness (QED) is 0.795. The van der Waals surface area contributed by atoms with Crippen molar-refractivity contribution in [3.05, 3.63) is 0 Å². The summed E-state index contributed by atoms with van der Waals surface area (Å²) in [5.41, 5.74) is 0.529. The van der Waals surface area contributed by atoms with Crippen molar-refractivity contribution in [3.8, 4) is 0 Å². The second kappa shape index (κ2) is 5.71. The topological polar surface area (TPSA) is 15.3 Å². The van der Waals surface area contributed by atoms with Crippen LogP contribution in [0, 0.1) is 5.41 Å². The summed E-state index contributed by atoms with van der Waals surface area (Å²) in [5.74, 6) is 0. The van der Waals surface area contributed by atoms with Crippen LogP contribution >= 0.6 is 0 Å². The molecule has 0 radical (unpaired) electrons. The van der Waals surface area contributed by atoms with Crippen LogP contribution in [0.15, 0.2) is 0 Å². The van der Waals surface area contributed by atoms with Crippen molar-refractivity contribution >= 4 is 0 Å². The van der Waals surface area contributed by atoms with Gasteiger partial charge >= 0.3 is 0 Å². The maximum Gasteiger partial charge on any atom is 0.0192 e. The van der Waals surface area contributed by atoms with Gasteiger partial charge in [0.15, 0.2) is 0 Å². The van der Waals surface area contributed by atoms with Crippen molar-refractivity contribution in [2.24, 2.45) is 5.41 Å². The summed E-state index contributed by atoms with van der Waals surface area (Å²) in [4.78, 5) is 2.80. The highest BCUT2D eigenvalue weighted by Crippen LogP contribution is 2.39. The Morgan fingerprint density at radius 3 is 2.76 bits per heavy atom. The first-order valence-corrected chi connectivity index (χ1v) is 7.61. The maximum absolute atomic E-state index is 3.69. The average molecular weight is 238 g/mol. The van der Waals surface area contributed by atoms with E-state index in [0.29, 0.717) is 5.41 Å². The van der Waals surface area contributed by atoms with Crippen molar-refractivity contribution in [2.75, 3.05) is 19.6 Å². The Labute approximate surface area is 107 Å². The molecule has 0 aromatic rings. The Hall–Kier alpha value is -0.0800. The van der Waals surface area contributed by atoms with Gasteiger partial charge in [0.2, 0.25) is 0 Å². The molecule has 2 nitrogen and oxygen atoms in total. The van der Waals surface area contributed by atoms with Gasteiger partial charge in [-0.3, -0.25) is 4.90 Å². The highest BCUT2D eigenvalue weighted by molar-refractivity contribution is 4.92. The van der Waals surface area contributed by atoms with Crippen molar-refractivity contribution < 1.29 is 0 Å². The summed E-state index contributed by atoms with van der Waals surface area (Å²) in [7, 11) is 0. The van der Waals surface area contributed by atoms with E-state index in [9.17, 15) is 0 Å². The zero-order valence-corrected chi connectivity index (χ0v) is 12.0. The van der Waals surface area contributed by atoms with Gasteiger partial charge in [0.25, 0.3) is 0 Å². The highest BCUT2D eigenvalue weighted by atomic mass is 15.2. The van der Waals surface area contributed by atoms with Crippen LogP contribution in [0.3, 0.4) is 0 Å². The molecule has 0 amide bonds. The van der Waals surface area contributed by atoms with Crippen molar-refractivity contribution in [1.29, 1.82) is 0 Å². The molecule has 0 spiro atoms. The SMILES string of the molecule is CCC1CN(C2CCCCC2(C)C)CCCN1. The molecule has 2 fully saturated rings. The molecule has 1 N–H and O–H groups in total. The predicted octanol–water partition coefficient (Wildman–Crippen LogP) is 3.03. The van der Waals surface area contributed by atoms with Gasteiger partial charge in [-0.25, -0.2) is 0 Å². The van der Waals surface area contributed by atoms with E-state index < -0.39 is 0 Å². The Morgan fingerprint density at radius 1 is 1.24 bits per heavy atom. The third kappa shape index (κ3) is 3.23. The second-order valence-corrected chi connectivity index (χ2v) is 6.66. The first kappa shape index (κ1) is 13.4. The lowest BCUT2D eigenvalue weighted by atomic mass is 9.72. The molecule has 1 heterocycles. The van der Waals surface area contributed by atoms with Crippen LogP contribution in [0.25, 0.3) is 0 Å². The Bertz CT molecular complexity index is 237. The summed E-state index contributed by atoms with van der Waals surface area (Å²) in [6.07, 6.45) is 8.30. The van der Waals surface area contributed by atoms with Crippen molar-refractivity contribution in [3.63, 3.8) is 0 Å². The molecule has 0 aromatic carbocycles. The molecule has 1 saturated carbocycles. The van der Waals surface area contributed by atoms with Crippen LogP contribution in [0.5, 0.6) is 0 Å². The van der Waals surface area contributed by atoms with Crippen LogP contribution in [0.2, 0.25) is 0 Å². The van der Waals surface area contributed by atoms with Crippen LogP contribution in [0.4, 0.5) is 0 Å². The van der Waals surface area contributed by atoms with Crippen LogP contribution < -0.4 is 5.32 Å². The van der Waals surface area contributed by atoms with Crippen molar-refractivity contribution in [1.82, 2.24) is 10.2 Å². The van der Waals surface area contributed by atoms with Crippen LogP contribution in [-0.2, 0) is 0 Å². The summed E-state index contributed by atoms with van der Waals surface area (Å²) in [5, 5.41) is 3.69. The van der Waals surface area contributed by atoms with Crippen LogP contribution in [-0.4, -0.2) is 36.6 Å². The molecule has 2 rings (SSSR count). The lowest BCUT2D eigenvalue weighted by Crippen LogP contribution is -2.50. The van der Waals surface area contributed by atoms with E-state index in [2.05, 4.69) is 31.0 Å². The molecular formula is C15H30N2. The molecule has 1 saturated heterocycles. The van der Waals surface area contributed by atoms with E-state index in [1.54, 1.807) is 0 Å². The van der Waals surface area contributed by atoms with Gasteiger partial charge in [0.1, 0.15) is 0 Å². The van der Waals surface area contributed by atoms with E-state index in [0.717, 1.165) is 12.1 Å². The summed E-state index contributed by atoms with van der Waals surface area (Å²) < 4.78 is 0. The Morgan fingerprint density at radius 2 is 2.06 bits per heavy atom. The minimum atomic E-state index is 0.529. The lowest BCUT2D eigenvalue weighted by Gasteiger charge is -2.45. The minimum Gasteiger partial charge on any atom is -0.313 e. The van der Waals surface area contributed by atoms with Gasteiger partial charge in [-0.05, 0) is 44.2 Å². The zero-order chi connectivity index (χ0) is 12.3. The summed E-state index contributed by atoms with van der Waals surface area (Å²) in [6.45, 7) is 11.1. The number of hydrogen-bond donors (Lipinski definition) is 1. The van der Waals surface area contributed by atoms with Gasteiger partial charge in [-0.15, -0.1) is 0 Å². The number of nitrogens with one attached hydrogen (secondary N) is 1. The Kier molecular flexibility index (Phi) is 4.48. The third-order valence-electron chi connectivity index (χ3n) is 4.89. The molecule has 17 heavy (non-hydrogen) atoms. The van der Waals surface area contributed by atoms with Gasteiger partial charge < -0.3 is 5.32 Å². The van der Waals surface area contributed by atoms with E-state index in [4.69, 9.17) is 0 Å². The van der Waals surface area contributed by atoms with Gasteiger partial charge in [-0.1, -0.05) is 33.6 Å². The largest absolute Gasteiger partial charge is 0.313 e. The fourth-order valence-electron chi connectivity index (χ4n) is 3.74. The number of rotatable bonds is 2. The van der Waals surface area contributed by atoms with Gasteiger partial charge in [0.05, 0.1) is 0 Å². The van der Waals surface area contributed by atoms with E-state index in [1.807, 2.05) is 0 Å². The van der Waals surface area contributed by atoms with Gasteiger partial charge in [0, 0.05) is 18.6 Å². The average Bonchev–Trinajstić information content (AvgIpc) is 2.53. The number of nitrogens with zero attached hydrogens (tertiary/aromatic N) is 1. The summed E-state index contributed by atoms with van der Waals surface area (Å²) >= 11 is 0. The standard InChI is InChI=1S/C15H30N2/c1-4-13-12-17(11-7-10-16-13)14-8-5-6-9-15(14,2)3/h13-14,16H,4-12H2,1-3H3. The predicted molar refractivity (Wildman–Crippen MR) is 74.3 cm³/mol. The first-order chi connectivity index (χ1) is 8.13. The normalized spacial score (nSPS) is 35.5. The molecule has 0 aromatic heterocycles. The molecule has 2 heteroatoms. The summed E-state index contributed by atoms with van der Waals surface area (Å²) in [6, 6.07) is 1.54. The minimum absolute atomic E-state index is 0.529. The molecule has 100 valence electrons. The molecule has 0 bridgehead atoms. The van der Waals surface area contributed by atoms with Crippen LogP contribution in [0.1, 0.15) is 59.3 Å². The fraction of sp³-hybridized carbons (Fsp3) is 1.00. The second-order valence-electron chi connectivity index (χ2n) is 6.66. The highest BCUT2D eigenvalue weighted by Gasteiger charge is 2.36. The smallest absolute Gasteiger partial charge is 0.0192 e. The molecule has 2 atom stereocenters. The number of hydrogen-bond acceptors (Lipinski definition) is 2.